The van der Waals surface area contributed by atoms with E-state index < -0.39 is 0 Å². The smallest absolute Gasteiger partial charge is 0.0507 e. The minimum atomic E-state index is 0.164. The van der Waals surface area contributed by atoms with Crippen molar-refractivity contribution in [3.05, 3.63) is 0 Å². The van der Waals surface area contributed by atoms with Gasteiger partial charge in [-0.2, -0.15) is 0 Å². The van der Waals surface area contributed by atoms with Crippen LogP contribution in [0.15, 0.2) is 0 Å². The third-order valence-electron chi connectivity index (χ3n) is 7.36. The van der Waals surface area contributed by atoms with Gasteiger partial charge in [-0.05, 0) is 51.5 Å². The largest absolute Gasteiger partial charge is 0.382 e. The van der Waals surface area contributed by atoms with Crippen molar-refractivity contribution in [1.29, 1.82) is 0 Å². The van der Waals surface area contributed by atoms with Gasteiger partial charge in [0.15, 0.2) is 0 Å². The number of ether oxygens (including phenoxy) is 1. The standard InChI is InChI=1S/C28H60N4O/c1-7-12-15-26(9-3)21-31-23-28(6,30-19-18-29-17-14-20-33-11-5)24-32(25-31)22-27(10-4)16-13-8-2/h26-27,29-30H,7-25H2,1-6H3. The Morgan fingerprint density at radius 1 is 0.788 bits per heavy atom. The van der Waals surface area contributed by atoms with Crippen molar-refractivity contribution in [1.82, 2.24) is 20.4 Å². The van der Waals surface area contributed by atoms with Crippen LogP contribution in [-0.2, 0) is 4.74 Å². The molecule has 0 aromatic carbocycles. The zero-order valence-corrected chi connectivity index (χ0v) is 23.4. The average molecular weight is 469 g/mol. The lowest BCUT2D eigenvalue weighted by atomic mass is 9.93. The lowest BCUT2D eigenvalue weighted by molar-refractivity contribution is 0.00519. The molecule has 2 atom stereocenters. The van der Waals surface area contributed by atoms with Crippen molar-refractivity contribution in [2.45, 2.75) is 105 Å². The Labute approximate surface area is 207 Å². The Kier molecular flexibility index (Phi) is 17.8. The first kappa shape index (κ1) is 30.8. The lowest BCUT2D eigenvalue weighted by Gasteiger charge is -2.48. The predicted molar refractivity (Wildman–Crippen MR) is 145 cm³/mol. The van der Waals surface area contributed by atoms with Crippen molar-refractivity contribution >= 4 is 0 Å². The Morgan fingerprint density at radius 2 is 1.36 bits per heavy atom. The Hall–Kier alpha value is -0.200. The van der Waals surface area contributed by atoms with Gasteiger partial charge in [0.2, 0.25) is 0 Å². The quantitative estimate of drug-likeness (QED) is 0.222. The van der Waals surface area contributed by atoms with E-state index in [0.29, 0.717) is 0 Å². The molecule has 0 saturated carbocycles. The highest BCUT2D eigenvalue weighted by molar-refractivity contribution is 4.94. The Balaban J connectivity index is 2.64. The Bertz CT molecular complexity index is 422. The third-order valence-corrected chi connectivity index (χ3v) is 7.36. The number of rotatable bonds is 21. The molecule has 198 valence electrons. The molecule has 0 aromatic heterocycles. The second kappa shape index (κ2) is 19.0. The summed E-state index contributed by atoms with van der Waals surface area (Å²) >= 11 is 0. The van der Waals surface area contributed by atoms with Gasteiger partial charge in [-0.15, -0.1) is 0 Å². The van der Waals surface area contributed by atoms with Crippen LogP contribution in [0.5, 0.6) is 0 Å². The fourth-order valence-electron chi connectivity index (χ4n) is 5.36. The predicted octanol–water partition coefficient (Wildman–Crippen LogP) is 5.36. The molecule has 1 fully saturated rings. The first-order valence-corrected chi connectivity index (χ1v) is 14.5. The molecule has 0 aromatic rings. The minimum absolute atomic E-state index is 0.164. The zero-order chi connectivity index (χ0) is 24.4. The fraction of sp³-hybridized carbons (Fsp3) is 1.00. The van der Waals surface area contributed by atoms with Crippen LogP contribution in [0.3, 0.4) is 0 Å². The van der Waals surface area contributed by atoms with Crippen LogP contribution in [0.25, 0.3) is 0 Å². The molecule has 2 N–H and O–H groups in total. The van der Waals surface area contributed by atoms with E-state index in [0.717, 1.165) is 57.8 Å². The van der Waals surface area contributed by atoms with E-state index in [1.807, 2.05) is 0 Å². The van der Waals surface area contributed by atoms with Gasteiger partial charge in [0.05, 0.1) is 6.67 Å². The summed E-state index contributed by atoms with van der Waals surface area (Å²) in [6.45, 7) is 24.7. The van der Waals surface area contributed by atoms with Crippen LogP contribution < -0.4 is 10.6 Å². The normalized spacial score (nSPS) is 22.0. The van der Waals surface area contributed by atoms with E-state index in [2.05, 4.69) is 62.0 Å². The first-order chi connectivity index (χ1) is 16.0. The van der Waals surface area contributed by atoms with Crippen molar-refractivity contribution < 1.29 is 4.74 Å². The van der Waals surface area contributed by atoms with Gasteiger partial charge in [0.25, 0.3) is 0 Å². The van der Waals surface area contributed by atoms with E-state index in [1.165, 1.54) is 77.5 Å². The summed E-state index contributed by atoms with van der Waals surface area (Å²) in [6.07, 6.45) is 11.8. The molecular formula is C28H60N4O. The molecule has 1 aliphatic rings. The van der Waals surface area contributed by atoms with Gasteiger partial charge in [0.1, 0.15) is 0 Å². The molecule has 1 heterocycles. The SMILES string of the molecule is CCCCC(CC)CN1CN(CC(CC)CCCC)CC(C)(NCCNCCCOCC)C1. The minimum Gasteiger partial charge on any atom is -0.382 e. The summed E-state index contributed by atoms with van der Waals surface area (Å²) in [5.41, 5.74) is 0.164. The third kappa shape index (κ3) is 14.1. The molecule has 1 saturated heterocycles. The summed E-state index contributed by atoms with van der Waals surface area (Å²) in [5, 5.41) is 7.53. The molecule has 5 nitrogen and oxygen atoms in total. The highest BCUT2D eigenvalue weighted by Gasteiger charge is 2.35. The topological polar surface area (TPSA) is 39.8 Å². The van der Waals surface area contributed by atoms with Crippen LogP contribution >= 0.6 is 0 Å². The maximum absolute atomic E-state index is 5.44. The van der Waals surface area contributed by atoms with E-state index in [1.54, 1.807) is 0 Å². The van der Waals surface area contributed by atoms with Crippen LogP contribution in [0.2, 0.25) is 0 Å². The molecule has 1 rings (SSSR count). The van der Waals surface area contributed by atoms with Gasteiger partial charge >= 0.3 is 0 Å². The second-order valence-corrected chi connectivity index (χ2v) is 10.8. The molecule has 0 radical (unpaired) electrons. The highest BCUT2D eigenvalue weighted by atomic mass is 16.5. The zero-order valence-electron chi connectivity index (χ0n) is 23.4. The summed E-state index contributed by atoms with van der Waals surface area (Å²) in [4.78, 5) is 5.53. The van der Waals surface area contributed by atoms with Crippen LogP contribution in [-0.4, -0.2) is 81.0 Å². The number of unbranched alkanes of at least 4 members (excludes halogenated alkanes) is 2. The maximum atomic E-state index is 5.44. The number of hydrogen-bond acceptors (Lipinski definition) is 5. The van der Waals surface area contributed by atoms with Gasteiger partial charge in [0, 0.05) is 58.0 Å². The summed E-state index contributed by atoms with van der Waals surface area (Å²) in [6, 6.07) is 0. The molecule has 1 aliphatic heterocycles. The molecule has 2 unspecified atom stereocenters. The summed E-state index contributed by atoms with van der Waals surface area (Å²) in [7, 11) is 0. The van der Waals surface area contributed by atoms with E-state index in [9.17, 15) is 0 Å². The number of hydrogen-bond donors (Lipinski definition) is 2. The summed E-state index contributed by atoms with van der Waals surface area (Å²) < 4.78 is 5.44. The van der Waals surface area contributed by atoms with E-state index >= 15 is 0 Å². The highest BCUT2D eigenvalue weighted by Crippen LogP contribution is 2.23. The van der Waals surface area contributed by atoms with Gasteiger partial charge in [-0.3, -0.25) is 9.80 Å². The lowest BCUT2D eigenvalue weighted by Crippen LogP contribution is -2.65. The molecule has 33 heavy (non-hydrogen) atoms. The van der Waals surface area contributed by atoms with Crippen LogP contribution in [0.1, 0.15) is 99.3 Å². The van der Waals surface area contributed by atoms with Crippen molar-refractivity contribution in [2.24, 2.45) is 11.8 Å². The average Bonchev–Trinajstić information content (AvgIpc) is 2.80. The van der Waals surface area contributed by atoms with Crippen molar-refractivity contribution in [3.8, 4) is 0 Å². The van der Waals surface area contributed by atoms with E-state index in [4.69, 9.17) is 4.74 Å². The summed E-state index contributed by atoms with van der Waals surface area (Å²) in [5.74, 6) is 1.67. The van der Waals surface area contributed by atoms with Gasteiger partial charge in [-0.25, -0.2) is 0 Å². The van der Waals surface area contributed by atoms with Crippen molar-refractivity contribution in [3.63, 3.8) is 0 Å². The molecule has 5 heteroatoms. The van der Waals surface area contributed by atoms with Crippen LogP contribution in [0, 0.1) is 11.8 Å². The Morgan fingerprint density at radius 3 is 1.85 bits per heavy atom. The molecular weight excluding hydrogens is 408 g/mol. The molecule has 0 amide bonds. The maximum Gasteiger partial charge on any atom is 0.0507 e. The molecule has 0 spiro atoms. The monoisotopic (exact) mass is 468 g/mol. The fourth-order valence-corrected chi connectivity index (χ4v) is 5.36. The number of nitrogens with one attached hydrogen (secondary N) is 2. The van der Waals surface area contributed by atoms with E-state index in [-0.39, 0.29) is 5.54 Å². The van der Waals surface area contributed by atoms with Gasteiger partial charge in [-0.1, -0.05) is 66.2 Å². The number of nitrogens with zero attached hydrogens (tertiary/aromatic N) is 2. The molecule has 0 bridgehead atoms. The van der Waals surface area contributed by atoms with Crippen LogP contribution in [0.4, 0.5) is 0 Å². The van der Waals surface area contributed by atoms with Gasteiger partial charge < -0.3 is 15.4 Å². The first-order valence-electron chi connectivity index (χ1n) is 14.5. The molecule has 0 aliphatic carbocycles. The van der Waals surface area contributed by atoms with Crippen molar-refractivity contribution in [2.75, 3.05) is 65.7 Å². The second-order valence-electron chi connectivity index (χ2n) is 10.8.